The molecule has 0 fully saturated rings. The highest BCUT2D eigenvalue weighted by atomic mass is 16.5. The first-order chi connectivity index (χ1) is 8.27. The summed E-state index contributed by atoms with van der Waals surface area (Å²) in [6, 6.07) is 10.2. The Balaban J connectivity index is 2.28. The van der Waals surface area contributed by atoms with E-state index >= 15 is 0 Å². The second-order valence-electron chi connectivity index (χ2n) is 4.49. The van der Waals surface area contributed by atoms with Gasteiger partial charge in [0.1, 0.15) is 5.75 Å². The summed E-state index contributed by atoms with van der Waals surface area (Å²) in [5.74, 6) is 7.09. The highest BCUT2D eigenvalue weighted by Gasteiger charge is 2.14. The standard InChI is InChI=1S/C14H24N2O/c1-3-7-12(2)14(16-15)10-11-17-13-8-5-4-6-9-13/h4-6,8-9,12,14,16H,3,7,10-11,15H2,1-2H3. The molecule has 0 radical (unpaired) electrons. The molecule has 0 aliphatic rings. The van der Waals surface area contributed by atoms with Crippen molar-refractivity contribution >= 4 is 0 Å². The predicted molar refractivity (Wildman–Crippen MR) is 71.7 cm³/mol. The molecule has 0 saturated heterocycles. The topological polar surface area (TPSA) is 47.3 Å². The molecule has 1 aromatic rings. The van der Waals surface area contributed by atoms with Crippen LogP contribution in [0.5, 0.6) is 5.75 Å². The number of nitrogens with two attached hydrogens (primary N) is 1. The highest BCUT2D eigenvalue weighted by molar-refractivity contribution is 5.20. The van der Waals surface area contributed by atoms with Crippen LogP contribution in [-0.2, 0) is 0 Å². The molecule has 0 amide bonds. The average molecular weight is 236 g/mol. The van der Waals surface area contributed by atoms with Crippen LogP contribution < -0.4 is 16.0 Å². The number of benzene rings is 1. The first kappa shape index (κ1) is 14.0. The van der Waals surface area contributed by atoms with Crippen LogP contribution in [0.1, 0.15) is 33.1 Å². The molecule has 3 nitrogen and oxygen atoms in total. The number of nitrogens with one attached hydrogen (secondary N) is 1. The lowest BCUT2D eigenvalue weighted by molar-refractivity contribution is 0.252. The molecule has 1 rings (SSSR count). The molecule has 1 aromatic carbocycles. The Kier molecular flexibility index (Phi) is 6.67. The highest BCUT2D eigenvalue weighted by Crippen LogP contribution is 2.14. The van der Waals surface area contributed by atoms with Crippen molar-refractivity contribution < 1.29 is 4.74 Å². The molecule has 2 unspecified atom stereocenters. The van der Waals surface area contributed by atoms with Gasteiger partial charge in [0.25, 0.3) is 0 Å². The van der Waals surface area contributed by atoms with Crippen LogP contribution in [0.2, 0.25) is 0 Å². The molecule has 0 bridgehead atoms. The van der Waals surface area contributed by atoms with Gasteiger partial charge in [-0.3, -0.25) is 11.3 Å². The fourth-order valence-electron chi connectivity index (χ4n) is 2.01. The minimum Gasteiger partial charge on any atom is -0.494 e. The molecule has 0 spiro atoms. The third-order valence-electron chi connectivity index (χ3n) is 3.09. The molecule has 0 heterocycles. The van der Waals surface area contributed by atoms with E-state index in [9.17, 15) is 0 Å². The minimum atomic E-state index is 0.332. The Hall–Kier alpha value is -1.06. The van der Waals surface area contributed by atoms with Crippen LogP contribution in [0.4, 0.5) is 0 Å². The van der Waals surface area contributed by atoms with Gasteiger partial charge in [0.05, 0.1) is 6.61 Å². The van der Waals surface area contributed by atoms with E-state index in [0.29, 0.717) is 18.6 Å². The molecule has 17 heavy (non-hydrogen) atoms. The number of hydrogen-bond acceptors (Lipinski definition) is 3. The van der Waals surface area contributed by atoms with Gasteiger partial charge in [-0.25, -0.2) is 0 Å². The summed E-state index contributed by atoms with van der Waals surface area (Å²) < 4.78 is 5.67. The molecular weight excluding hydrogens is 212 g/mol. The quantitative estimate of drug-likeness (QED) is 0.539. The van der Waals surface area contributed by atoms with Crippen LogP contribution in [0, 0.1) is 5.92 Å². The van der Waals surface area contributed by atoms with Gasteiger partial charge in [-0.2, -0.15) is 0 Å². The predicted octanol–water partition coefficient (Wildman–Crippen LogP) is 2.72. The maximum absolute atomic E-state index is 5.67. The van der Waals surface area contributed by atoms with Crippen molar-refractivity contribution in [1.82, 2.24) is 5.43 Å². The largest absolute Gasteiger partial charge is 0.494 e. The van der Waals surface area contributed by atoms with E-state index in [2.05, 4.69) is 19.3 Å². The summed E-state index contributed by atoms with van der Waals surface area (Å²) in [7, 11) is 0. The minimum absolute atomic E-state index is 0.332. The Bertz CT molecular complexity index is 290. The number of hydrogen-bond donors (Lipinski definition) is 2. The van der Waals surface area contributed by atoms with Gasteiger partial charge in [-0.1, -0.05) is 38.5 Å². The van der Waals surface area contributed by atoms with E-state index in [0.717, 1.165) is 12.2 Å². The molecule has 3 N–H and O–H groups in total. The van der Waals surface area contributed by atoms with Crippen molar-refractivity contribution in [2.45, 2.75) is 39.2 Å². The van der Waals surface area contributed by atoms with E-state index in [4.69, 9.17) is 10.6 Å². The summed E-state index contributed by atoms with van der Waals surface area (Å²) in [6.07, 6.45) is 3.33. The lowest BCUT2D eigenvalue weighted by Crippen LogP contribution is -2.40. The monoisotopic (exact) mass is 236 g/mol. The molecule has 2 atom stereocenters. The lowest BCUT2D eigenvalue weighted by Gasteiger charge is -2.22. The maximum Gasteiger partial charge on any atom is 0.119 e. The SMILES string of the molecule is CCCC(C)C(CCOc1ccccc1)NN. The zero-order valence-electron chi connectivity index (χ0n) is 10.9. The van der Waals surface area contributed by atoms with E-state index in [1.807, 2.05) is 30.3 Å². The van der Waals surface area contributed by atoms with E-state index in [-0.39, 0.29) is 0 Å². The van der Waals surface area contributed by atoms with Crippen molar-refractivity contribution in [3.8, 4) is 5.75 Å². The molecule has 0 aromatic heterocycles. The van der Waals surface area contributed by atoms with Crippen molar-refractivity contribution in [3.63, 3.8) is 0 Å². The van der Waals surface area contributed by atoms with Crippen LogP contribution >= 0.6 is 0 Å². The second kappa shape index (κ2) is 8.09. The Morgan fingerprint density at radius 1 is 1.24 bits per heavy atom. The third-order valence-corrected chi connectivity index (χ3v) is 3.09. The van der Waals surface area contributed by atoms with Crippen molar-refractivity contribution in [2.75, 3.05) is 6.61 Å². The smallest absolute Gasteiger partial charge is 0.119 e. The molecular formula is C14H24N2O. The molecule has 0 aliphatic carbocycles. The van der Waals surface area contributed by atoms with Crippen molar-refractivity contribution in [3.05, 3.63) is 30.3 Å². The summed E-state index contributed by atoms with van der Waals surface area (Å²) >= 11 is 0. The first-order valence-electron chi connectivity index (χ1n) is 6.42. The van der Waals surface area contributed by atoms with Gasteiger partial charge in [-0.05, 0) is 30.9 Å². The van der Waals surface area contributed by atoms with E-state index < -0.39 is 0 Å². The van der Waals surface area contributed by atoms with E-state index in [1.165, 1.54) is 12.8 Å². The van der Waals surface area contributed by atoms with Crippen LogP contribution in [0.25, 0.3) is 0 Å². The number of rotatable bonds is 8. The van der Waals surface area contributed by atoms with Gasteiger partial charge in [0.15, 0.2) is 0 Å². The van der Waals surface area contributed by atoms with Crippen LogP contribution in [-0.4, -0.2) is 12.6 Å². The summed E-state index contributed by atoms with van der Waals surface area (Å²) in [6.45, 7) is 5.13. The maximum atomic E-state index is 5.67. The Labute approximate surface area is 104 Å². The number of hydrazine groups is 1. The van der Waals surface area contributed by atoms with Gasteiger partial charge in [-0.15, -0.1) is 0 Å². The summed E-state index contributed by atoms with van der Waals surface area (Å²) in [5, 5.41) is 0. The lowest BCUT2D eigenvalue weighted by atomic mass is 9.95. The van der Waals surface area contributed by atoms with Crippen molar-refractivity contribution in [1.29, 1.82) is 0 Å². The normalized spacial score (nSPS) is 14.3. The van der Waals surface area contributed by atoms with Gasteiger partial charge in [0, 0.05) is 6.04 Å². The Morgan fingerprint density at radius 3 is 2.53 bits per heavy atom. The average Bonchev–Trinajstić information content (AvgIpc) is 2.36. The van der Waals surface area contributed by atoms with E-state index in [1.54, 1.807) is 0 Å². The molecule has 3 heteroatoms. The van der Waals surface area contributed by atoms with Gasteiger partial charge >= 0.3 is 0 Å². The third kappa shape index (κ3) is 5.20. The first-order valence-corrected chi connectivity index (χ1v) is 6.42. The zero-order valence-corrected chi connectivity index (χ0v) is 10.9. The fourth-order valence-corrected chi connectivity index (χ4v) is 2.01. The van der Waals surface area contributed by atoms with Gasteiger partial charge in [0.2, 0.25) is 0 Å². The van der Waals surface area contributed by atoms with Gasteiger partial charge < -0.3 is 4.74 Å². The summed E-state index contributed by atoms with van der Waals surface area (Å²) in [4.78, 5) is 0. The molecule has 0 aliphatic heterocycles. The number of para-hydroxylation sites is 1. The number of ether oxygens (including phenoxy) is 1. The van der Waals surface area contributed by atoms with Crippen LogP contribution in [0.15, 0.2) is 30.3 Å². The molecule has 0 saturated carbocycles. The second-order valence-corrected chi connectivity index (χ2v) is 4.49. The van der Waals surface area contributed by atoms with Crippen LogP contribution in [0.3, 0.4) is 0 Å². The fraction of sp³-hybridized carbons (Fsp3) is 0.571. The molecule has 96 valence electrons. The summed E-state index contributed by atoms with van der Waals surface area (Å²) in [5.41, 5.74) is 2.89. The Morgan fingerprint density at radius 2 is 1.94 bits per heavy atom. The zero-order chi connectivity index (χ0) is 12.5. The van der Waals surface area contributed by atoms with Crippen molar-refractivity contribution in [2.24, 2.45) is 11.8 Å².